The summed E-state index contributed by atoms with van der Waals surface area (Å²) in [5, 5.41) is 4.97. The SMILES string of the molecule is Cc1ccc(C(C)NS(=O)(=O)c2ccc(S(N)(=O)=O)cc2)o1. The van der Waals surface area contributed by atoms with Gasteiger partial charge in [-0.1, -0.05) is 0 Å². The lowest BCUT2D eigenvalue weighted by atomic mass is 10.3. The molecule has 2 rings (SSSR count). The topological polar surface area (TPSA) is 119 Å². The van der Waals surface area contributed by atoms with Crippen LogP contribution < -0.4 is 9.86 Å². The zero-order valence-corrected chi connectivity index (χ0v) is 13.6. The van der Waals surface area contributed by atoms with Crippen molar-refractivity contribution in [2.24, 2.45) is 5.14 Å². The van der Waals surface area contributed by atoms with E-state index in [2.05, 4.69) is 4.72 Å². The molecule has 1 aromatic heterocycles. The lowest BCUT2D eigenvalue weighted by Gasteiger charge is -2.12. The first-order valence-corrected chi connectivity index (χ1v) is 9.34. The molecule has 1 atom stereocenters. The summed E-state index contributed by atoms with van der Waals surface area (Å²) in [7, 11) is -7.66. The zero-order valence-electron chi connectivity index (χ0n) is 12.0. The van der Waals surface area contributed by atoms with Crippen molar-refractivity contribution in [1.29, 1.82) is 0 Å². The summed E-state index contributed by atoms with van der Waals surface area (Å²) in [5.41, 5.74) is 0. The van der Waals surface area contributed by atoms with Crippen LogP contribution >= 0.6 is 0 Å². The number of hydrogen-bond donors (Lipinski definition) is 2. The number of rotatable bonds is 5. The normalized spacial score (nSPS) is 14.0. The van der Waals surface area contributed by atoms with Crippen LogP contribution in [-0.2, 0) is 20.0 Å². The quantitative estimate of drug-likeness (QED) is 0.846. The first kappa shape index (κ1) is 16.7. The minimum Gasteiger partial charge on any atom is -0.465 e. The highest BCUT2D eigenvalue weighted by atomic mass is 32.2. The van der Waals surface area contributed by atoms with E-state index in [9.17, 15) is 16.8 Å². The molecule has 22 heavy (non-hydrogen) atoms. The summed E-state index contributed by atoms with van der Waals surface area (Å²) in [5.74, 6) is 1.17. The van der Waals surface area contributed by atoms with Gasteiger partial charge in [-0.05, 0) is 50.2 Å². The number of aryl methyl sites for hydroxylation is 1. The van der Waals surface area contributed by atoms with Crippen LogP contribution in [0.1, 0.15) is 24.5 Å². The fraction of sp³-hybridized carbons (Fsp3) is 0.231. The molecule has 7 nitrogen and oxygen atoms in total. The summed E-state index contributed by atoms with van der Waals surface area (Å²) in [4.78, 5) is -0.212. The van der Waals surface area contributed by atoms with Crippen LogP contribution in [0.15, 0.2) is 50.6 Å². The maximum atomic E-state index is 12.3. The Morgan fingerprint density at radius 1 is 1.00 bits per heavy atom. The van der Waals surface area contributed by atoms with E-state index in [1.54, 1.807) is 26.0 Å². The van der Waals surface area contributed by atoms with E-state index in [1.165, 1.54) is 12.1 Å². The third-order valence-electron chi connectivity index (χ3n) is 2.98. The Morgan fingerprint density at radius 3 is 2.00 bits per heavy atom. The molecule has 0 bridgehead atoms. The molecular weight excluding hydrogens is 328 g/mol. The number of furan rings is 1. The van der Waals surface area contributed by atoms with E-state index in [1.807, 2.05) is 0 Å². The van der Waals surface area contributed by atoms with Gasteiger partial charge in [0.2, 0.25) is 20.0 Å². The van der Waals surface area contributed by atoms with Crippen molar-refractivity contribution >= 4 is 20.0 Å². The van der Waals surface area contributed by atoms with Crippen molar-refractivity contribution in [3.8, 4) is 0 Å². The molecule has 1 heterocycles. The average molecular weight is 344 g/mol. The largest absolute Gasteiger partial charge is 0.465 e. The number of benzene rings is 1. The Hall–Kier alpha value is -1.68. The molecule has 0 radical (unpaired) electrons. The van der Waals surface area contributed by atoms with Crippen molar-refractivity contribution in [3.63, 3.8) is 0 Å². The molecule has 0 aliphatic carbocycles. The van der Waals surface area contributed by atoms with Crippen LogP contribution in [0.5, 0.6) is 0 Å². The number of hydrogen-bond acceptors (Lipinski definition) is 5. The maximum Gasteiger partial charge on any atom is 0.241 e. The van der Waals surface area contributed by atoms with Gasteiger partial charge in [0, 0.05) is 0 Å². The van der Waals surface area contributed by atoms with Crippen LogP contribution in [-0.4, -0.2) is 16.8 Å². The lowest BCUT2D eigenvalue weighted by molar-refractivity contribution is 0.441. The van der Waals surface area contributed by atoms with Gasteiger partial charge in [-0.2, -0.15) is 0 Å². The lowest BCUT2D eigenvalue weighted by Crippen LogP contribution is -2.26. The Morgan fingerprint density at radius 2 is 1.55 bits per heavy atom. The van der Waals surface area contributed by atoms with Crippen LogP contribution in [0.2, 0.25) is 0 Å². The summed E-state index contributed by atoms with van der Waals surface area (Å²) in [6.45, 7) is 3.41. The molecule has 3 N–H and O–H groups in total. The van der Waals surface area contributed by atoms with Crippen molar-refractivity contribution in [2.75, 3.05) is 0 Å². The van der Waals surface area contributed by atoms with E-state index in [-0.39, 0.29) is 9.79 Å². The van der Waals surface area contributed by atoms with Gasteiger partial charge >= 0.3 is 0 Å². The standard InChI is InChI=1S/C13H16N2O5S2/c1-9-3-8-13(20-9)10(2)15-22(18,19)12-6-4-11(5-7-12)21(14,16)17/h3-8,10,15H,1-2H3,(H2,14,16,17). The molecule has 0 aliphatic heterocycles. The number of sulfonamides is 2. The van der Waals surface area contributed by atoms with E-state index in [0.29, 0.717) is 11.5 Å². The maximum absolute atomic E-state index is 12.3. The van der Waals surface area contributed by atoms with Crippen molar-refractivity contribution in [2.45, 2.75) is 29.7 Å². The predicted molar refractivity (Wildman–Crippen MR) is 80.0 cm³/mol. The van der Waals surface area contributed by atoms with Crippen molar-refractivity contribution in [1.82, 2.24) is 4.72 Å². The van der Waals surface area contributed by atoms with Gasteiger partial charge in [-0.25, -0.2) is 26.7 Å². The highest BCUT2D eigenvalue weighted by Gasteiger charge is 2.20. The third kappa shape index (κ3) is 3.74. The van der Waals surface area contributed by atoms with Gasteiger partial charge in [0.25, 0.3) is 0 Å². The molecule has 0 fully saturated rings. The highest BCUT2D eigenvalue weighted by Crippen LogP contribution is 2.19. The van der Waals surface area contributed by atoms with Gasteiger partial charge in [-0.15, -0.1) is 0 Å². The molecular formula is C13H16N2O5S2. The summed E-state index contributed by atoms with van der Waals surface area (Å²) in [6.07, 6.45) is 0. The average Bonchev–Trinajstić information content (AvgIpc) is 2.84. The molecule has 1 unspecified atom stereocenters. The monoisotopic (exact) mass is 344 g/mol. The molecule has 0 saturated heterocycles. The van der Waals surface area contributed by atoms with E-state index in [4.69, 9.17) is 9.56 Å². The van der Waals surface area contributed by atoms with Gasteiger partial charge in [-0.3, -0.25) is 0 Å². The fourth-order valence-corrected chi connectivity index (χ4v) is 3.58. The summed E-state index contributed by atoms with van der Waals surface area (Å²) in [6, 6.07) is 7.52. The second kappa shape index (κ2) is 5.84. The number of primary sulfonamides is 1. The first-order valence-electron chi connectivity index (χ1n) is 6.31. The second-order valence-electron chi connectivity index (χ2n) is 4.81. The molecule has 0 spiro atoms. The zero-order chi connectivity index (χ0) is 16.5. The van der Waals surface area contributed by atoms with Crippen molar-refractivity contribution < 1.29 is 21.3 Å². The Labute approximate surface area is 129 Å². The third-order valence-corrected chi connectivity index (χ3v) is 5.47. The Bertz CT molecular complexity index is 867. The molecule has 0 saturated carbocycles. The molecule has 0 amide bonds. The summed E-state index contributed by atoms with van der Waals surface area (Å²) >= 11 is 0. The van der Waals surface area contributed by atoms with Crippen LogP contribution in [0.25, 0.3) is 0 Å². The van der Waals surface area contributed by atoms with Gasteiger partial charge in [0.1, 0.15) is 11.5 Å². The molecule has 2 aromatic rings. The minimum absolute atomic E-state index is 0.0602. The second-order valence-corrected chi connectivity index (χ2v) is 8.08. The highest BCUT2D eigenvalue weighted by molar-refractivity contribution is 7.89. The molecule has 120 valence electrons. The molecule has 1 aromatic carbocycles. The van der Waals surface area contributed by atoms with E-state index in [0.717, 1.165) is 12.1 Å². The fourth-order valence-electron chi connectivity index (χ4n) is 1.85. The van der Waals surface area contributed by atoms with Gasteiger partial charge in [0.05, 0.1) is 15.8 Å². The van der Waals surface area contributed by atoms with E-state index < -0.39 is 26.1 Å². The predicted octanol–water partition coefficient (Wildman–Crippen LogP) is 1.27. The van der Waals surface area contributed by atoms with Crippen molar-refractivity contribution in [3.05, 3.63) is 47.9 Å². The molecule has 0 aliphatic rings. The number of nitrogens with one attached hydrogen (secondary N) is 1. The number of nitrogens with two attached hydrogens (primary N) is 1. The van der Waals surface area contributed by atoms with Crippen LogP contribution in [0, 0.1) is 6.92 Å². The Kier molecular flexibility index (Phi) is 4.43. The summed E-state index contributed by atoms with van der Waals surface area (Å²) < 4.78 is 54.6. The van der Waals surface area contributed by atoms with Gasteiger partial charge < -0.3 is 4.42 Å². The van der Waals surface area contributed by atoms with Crippen LogP contribution in [0.3, 0.4) is 0 Å². The Balaban J connectivity index is 2.23. The van der Waals surface area contributed by atoms with Crippen LogP contribution in [0.4, 0.5) is 0 Å². The minimum atomic E-state index is -3.86. The van der Waals surface area contributed by atoms with Gasteiger partial charge in [0.15, 0.2) is 0 Å². The smallest absolute Gasteiger partial charge is 0.241 e. The van der Waals surface area contributed by atoms with E-state index >= 15 is 0 Å². The first-order chi connectivity index (χ1) is 10.1. The molecule has 9 heteroatoms.